The fraction of sp³-hybridized carbons (Fsp3) is 0.625. The van der Waals surface area contributed by atoms with Crippen molar-refractivity contribution in [2.75, 3.05) is 37.7 Å². The number of nitrogens with one attached hydrogen (secondary N) is 1. The van der Waals surface area contributed by atoms with Crippen LogP contribution in [0.15, 0.2) is 24.3 Å². The van der Waals surface area contributed by atoms with Gasteiger partial charge in [0.05, 0.1) is 6.61 Å². The lowest BCUT2D eigenvalue weighted by molar-refractivity contribution is 0.185. The van der Waals surface area contributed by atoms with Crippen molar-refractivity contribution < 1.29 is 4.74 Å². The summed E-state index contributed by atoms with van der Waals surface area (Å²) in [4.78, 5) is 2.52. The summed E-state index contributed by atoms with van der Waals surface area (Å²) < 4.78 is 5.42. The molecular weight excluding hydrogens is 236 g/mol. The van der Waals surface area contributed by atoms with Crippen molar-refractivity contribution >= 4 is 5.69 Å². The van der Waals surface area contributed by atoms with Crippen molar-refractivity contribution in [1.82, 2.24) is 5.32 Å². The first-order chi connectivity index (χ1) is 9.43. The average molecular weight is 260 g/mol. The molecule has 1 unspecified atom stereocenters. The molecule has 1 aromatic rings. The fourth-order valence-electron chi connectivity index (χ4n) is 3.08. The predicted octanol–water partition coefficient (Wildman–Crippen LogP) is 2.41. The van der Waals surface area contributed by atoms with E-state index in [0.29, 0.717) is 5.92 Å². The molecule has 1 atom stereocenters. The van der Waals surface area contributed by atoms with E-state index in [2.05, 4.69) is 34.5 Å². The molecule has 2 saturated heterocycles. The van der Waals surface area contributed by atoms with E-state index in [0.717, 1.165) is 26.3 Å². The molecular formula is C16H24N2O. The number of anilines is 1. The van der Waals surface area contributed by atoms with Crippen molar-refractivity contribution in [1.29, 1.82) is 0 Å². The van der Waals surface area contributed by atoms with E-state index in [1.807, 2.05) is 0 Å². The topological polar surface area (TPSA) is 24.5 Å². The van der Waals surface area contributed by atoms with E-state index in [4.69, 9.17) is 4.74 Å². The SMILES string of the molecule is c1ccc(N2CCCC2)c(CNCC2CCOC2)c1. The summed E-state index contributed by atoms with van der Waals surface area (Å²) in [6.45, 7) is 6.36. The van der Waals surface area contributed by atoms with Gasteiger partial charge in [-0.3, -0.25) is 0 Å². The number of nitrogens with zero attached hydrogens (tertiary/aromatic N) is 1. The van der Waals surface area contributed by atoms with Gasteiger partial charge in [0.1, 0.15) is 0 Å². The Bertz CT molecular complexity index is 395. The zero-order valence-electron chi connectivity index (χ0n) is 11.6. The monoisotopic (exact) mass is 260 g/mol. The van der Waals surface area contributed by atoms with Crippen LogP contribution in [0.2, 0.25) is 0 Å². The van der Waals surface area contributed by atoms with Gasteiger partial charge in [-0.1, -0.05) is 18.2 Å². The van der Waals surface area contributed by atoms with Crippen LogP contribution in [-0.4, -0.2) is 32.8 Å². The minimum Gasteiger partial charge on any atom is -0.381 e. The Labute approximate surface area is 115 Å². The number of ether oxygens (including phenoxy) is 1. The molecule has 3 heteroatoms. The molecule has 104 valence electrons. The van der Waals surface area contributed by atoms with Crippen LogP contribution in [0.4, 0.5) is 5.69 Å². The second-order valence-corrected chi connectivity index (χ2v) is 5.68. The van der Waals surface area contributed by atoms with Gasteiger partial charge in [0.15, 0.2) is 0 Å². The van der Waals surface area contributed by atoms with E-state index in [1.54, 1.807) is 0 Å². The molecule has 2 aliphatic rings. The highest BCUT2D eigenvalue weighted by Crippen LogP contribution is 2.24. The normalized spacial score (nSPS) is 23.2. The lowest BCUT2D eigenvalue weighted by atomic mass is 10.1. The maximum Gasteiger partial charge on any atom is 0.0507 e. The van der Waals surface area contributed by atoms with Crippen molar-refractivity contribution in [3.8, 4) is 0 Å². The molecule has 1 aromatic carbocycles. The van der Waals surface area contributed by atoms with Crippen LogP contribution in [0.25, 0.3) is 0 Å². The summed E-state index contributed by atoms with van der Waals surface area (Å²) in [5.74, 6) is 0.707. The summed E-state index contributed by atoms with van der Waals surface area (Å²) in [6.07, 6.45) is 3.88. The highest BCUT2D eigenvalue weighted by Gasteiger charge is 2.17. The first-order valence-corrected chi connectivity index (χ1v) is 7.55. The largest absolute Gasteiger partial charge is 0.381 e. The van der Waals surface area contributed by atoms with E-state index in [-0.39, 0.29) is 0 Å². The Morgan fingerprint density at radius 1 is 1.21 bits per heavy atom. The summed E-state index contributed by atoms with van der Waals surface area (Å²) in [7, 11) is 0. The number of para-hydroxylation sites is 1. The third-order valence-corrected chi connectivity index (χ3v) is 4.21. The van der Waals surface area contributed by atoms with Gasteiger partial charge in [-0.2, -0.15) is 0 Å². The third kappa shape index (κ3) is 3.28. The Morgan fingerprint density at radius 2 is 2.05 bits per heavy atom. The maximum absolute atomic E-state index is 5.42. The van der Waals surface area contributed by atoms with Crippen molar-refractivity contribution in [3.05, 3.63) is 29.8 Å². The molecule has 0 saturated carbocycles. The Hall–Kier alpha value is -1.06. The van der Waals surface area contributed by atoms with Gasteiger partial charge in [0.25, 0.3) is 0 Å². The summed E-state index contributed by atoms with van der Waals surface area (Å²) in [6, 6.07) is 8.82. The van der Waals surface area contributed by atoms with Crippen molar-refractivity contribution in [2.45, 2.75) is 25.8 Å². The lowest BCUT2D eigenvalue weighted by Crippen LogP contribution is -2.25. The molecule has 2 heterocycles. The predicted molar refractivity (Wildman–Crippen MR) is 78.5 cm³/mol. The van der Waals surface area contributed by atoms with Gasteiger partial charge in [-0.05, 0) is 36.8 Å². The van der Waals surface area contributed by atoms with Gasteiger partial charge in [0.2, 0.25) is 0 Å². The van der Waals surface area contributed by atoms with Gasteiger partial charge in [0, 0.05) is 38.5 Å². The second kappa shape index (κ2) is 6.40. The average Bonchev–Trinajstić information content (AvgIpc) is 3.12. The number of hydrogen-bond acceptors (Lipinski definition) is 3. The molecule has 19 heavy (non-hydrogen) atoms. The van der Waals surface area contributed by atoms with E-state index in [1.165, 1.54) is 43.6 Å². The molecule has 0 aromatic heterocycles. The highest BCUT2D eigenvalue weighted by atomic mass is 16.5. The van der Waals surface area contributed by atoms with Gasteiger partial charge in [-0.15, -0.1) is 0 Å². The highest BCUT2D eigenvalue weighted by molar-refractivity contribution is 5.54. The van der Waals surface area contributed by atoms with Crippen molar-refractivity contribution in [2.24, 2.45) is 5.92 Å². The number of hydrogen-bond donors (Lipinski definition) is 1. The lowest BCUT2D eigenvalue weighted by Gasteiger charge is -2.22. The van der Waals surface area contributed by atoms with E-state index in [9.17, 15) is 0 Å². The molecule has 0 spiro atoms. The second-order valence-electron chi connectivity index (χ2n) is 5.68. The molecule has 3 rings (SSSR count). The molecule has 0 amide bonds. The van der Waals surface area contributed by atoms with Crippen LogP contribution >= 0.6 is 0 Å². The first kappa shape index (κ1) is 12.9. The van der Waals surface area contributed by atoms with Gasteiger partial charge in [-0.25, -0.2) is 0 Å². The zero-order chi connectivity index (χ0) is 12.9. The molecule has 0 radical (unpaired) electrons. The molecule has 2 aliphatic heterocycles. The Kier molecular flexibility index (Phi) is 4.36. The van der Waals surface area contributed by atoms with Crippen LogP contribution in [-0.2, 0) is 11.3 Å². The van der Waals surface area contributed by atoms with Gasteiger partial charge < -0.3 is 15.0 Å². The summed E-state index contributed by atoms with van der Waals surface area (Å²) in [5.41, 5.74) is 2.86. The first-order valence-electron chi connectivity index (χ1n) is 7.55. The third-order valence-electron chi connectivity index (χ3n) is 4.21. The molecule has 0 bridgehead atoms. The van der Waals surface area contributed by atoms with Crippen LogP contribution < -0.4 is 10.2 Å². The summed E-state index contributed by atoms with van der Waals surface area (Å²) in [5, 5.41) is 3.60. The van der Waals surface area contributed by atoms with Crippen LogP contribution in [0.5, 0.6) is 0 Å². The molecule has 1 N–H and O–H groups in total. The van der Waals surface area contributed by atoms with Crippen molar-refractivity contribution in [3.63, 3.8) is 0 Å². The van der Waals surface area contributed by atoms with Crippen LogP contribution in [0.3, 0.4) is 0 Å². The quantitative estimate of drug-likeness (QED) is 0.880. The Balaban J connectivity index is 1.56. The number of rotatable bonds is 5. The smallest absolute Gasteiger partial charge is 0.0507 e. The molecule has 2 fully saturated rings. The minimum atomic E-state index is 0.707. The van der Waals surface area contributed by atoms with Crippen LogP contribution in [0, 0.1) is 5.92 Å². The standard InChI is InChI=1S/C16H24N2O/c1-2-6-16(18-8-3-4-9-18)15(5-1)12-17-11-14-7-10-19-13-14/h1-2,5-6,14,17H,3-4,7-13H2. The summed E-state index contributed by atoms with van der Waals surface area (Å²) >= 11 is 0. The molecule has 3 nitrogen and oxygen atoms in total. The Morgan fingerprint density at radius 3 is 2.84 bits per heavy atom. The van der Waals surface area contributed by atoms with E-state index >= 15 is 0 Å². The van der Waals surface area contributed by atoms with Gasteiger partial charge >= 0.3 is 0 Å². The van der Waals surface area contributed by atoms with Crippen LogP contribution in [0.1, 0.15) is 24.8 Å². The fourth-order valence-corrected chi connectivity index (χ4v) is 3.08. The number of benzene rings is 1. The minimum absolute atomic E-state index is 0.707. The molecule has 0 aliphatic carbocycles. The zero-order valence-corrected chi connectivity index (χ0v) is 11.6. The maximum atomic E-state index is 5.42. The van der Waals surface area contributed by atoms with E-state index < -0.39 is 0 Å².